The van der Waals surface area contributed by atoms with E-state index in [0.29, 0.717) is 21.7 Å². The summed E-state index contributed by atoms with van der Waals surface area (Å²) in [5.74, 6) is -2.82. The molecule has 10 heteroatoms. The van der Waals surface area contributed by atoms with Crippen LogP contribution in [0.5, 0.6) is 0 Å². The number of methoxy groups -OCH3 is 1. The maximum atomic E-state index is 14.7. The van der Waals surface area contributed by atoms with Crippen molar-refractivity contribution in [2.24, 2.45) is 5.92 Å². The van der Waals surface area contributed by atoms with E-state index in [1.54, 1.807) is 24.3 Å². The fourth-order valence-electron chi connectivity index (χ4n) is 3.32. The highest BCUT2D eigenvalue weighted by molar-refractivity contribution is 6.31. The van der Waals surface area contributed by atoms with Crippen LogP contribution in [0.1, 0.15) is 18.5 Å². The summed E-state index contributed by atoms with van der Waals surface area (Å²) < 4.78 is 20.4. The molecule has 1 N–H and O–H groups in total. The molecule has 1 amide bonds. The van der Waals surface area contributed by atoms with E-state index in [-0.39, 0.29) is 5.70 Å². The van der Waals surface area contributed by atoms with Crippen LogP contribution < -0.4 is 10.9 Å². The number of aromatic nitrogens is 1. The number of rotatable bonds is 5. The summed E-state index contributed by atoms with van der Waals surface area (Å²) in [4.78, 5) is 37.0. The first-order valence-corrected chi connectivity index (χ1v) is 10.4. The molecule has 1 heterocycles. The Balaban J connectivity index is 1.81. The minimum Gasteiger partial charge on any atom is -0.468 e. The first-order chi connectivity index (χ1) is 15.6. The van der Waals surface area contributed by atoms with Gasteiger partial charge in [-0.1, -0.05) is 29.3 Å². The van der Waals surface area contributed by atoms with Gasteiger partial charge in [-0.05, 0) is 48.9 Å². The first kappa shape index (κ1) is 24.2. The van der Waals surface area contributed by atoms with E-state index >= 15 is 0 Å². The van der Waals surface area contributed by atoms with Gasteiger partial charge in [0, 0.05) is 28.5 Å². The Hall–Kier alpha value is -3.41. The number of hydrogen-bond donors (Lipinski definition) is 1. The Bertz CT molecular complexity index is 1280. The van der Waals surface area contributed by atoms with E-state index in [1.165, 1.54) is 35.9 Å². The number of allylic oxidation sites excluding steroid dienone is 2. The normalized spacial score (nSPS) is 20.4. The fourth-order valence-corrected chi connectivity index (χ4v) is 3.77. The zero-order valence-electron chi connectivity index (χ0n) is 17.5. The summed E-state index contributed by atoms with van der Waals surface area (Å²) >= 11 is 11.8. The Morgan fingerprint density at radius 1 is 1.33 bits per heavy atom. The summed E-state index contributed by atoms with van der Waals surface area (Å²) in [5, 5.41) is 9.62. The van der Waals surface area contributed by atoms with Gasteiger partial charge in [-0.2, -0.15) is 5.26 Å². The van der Waals surface area contributed by atoms with Crippen LogP contribution >= 0.6 is 23.2 Å². The Labute approximate surface area is 198 Å². The van der Waals surface area contributed by atoms with Crippen LogP contribution in [0.15, 0.2) is 65.2 Å². The number of benzene rings is 1. The number of alkyl halides is 2. The average molecular weight is 490 g/mol. The van der Waals surface area contributed by atoms with Crippen molar-refractivity contribution >= 4 is 35.1 Å². The van der Waals surface area contributed by atoms with E-state index in [0.717, 1.165) is 13.2 Å². The van der Waals surface area contributed by atoms with Gasteiger partial charge in [0.2, 0.25) is 11.0 Å². The number of nitrogens with zero attached hydrogens (tertiary/aromatic N) is 2. The Morgan fingerprint density at radius 3 is 2.67 bits per heavy atom. The van der Waals surface area contributed by atoms with Gasteiger partial charge in [0.15, 0.2) is 0 Å². The molecule has 1 aliphatic carbocycles. The number of carbonyl (C=O) groups is 2. The molecule has 3 rings (SSSR count). The third-order valence-electron chi connectivity index (χ3n) is 5.11. The van der Waals surface area contributed by atoms with Crippen molar-refractivity contribution in [3.63, 3.8) is 0 Å². The molecular formula is C23H18Cl2FN3O4. The quantitative estimate of drug-likeness (QED) is 0.507. The van der Waals surface area contributed by atoms with Crippen molar-refractivity contribution in [2.75, 3.05) is 7.11 Å². The van der Waals surface area contributed by atoms with E-state index in [9.17, 15) is 24.0 Å². The number of halogens is 3. The number of carbonyl (C=O) groups excluding carboxylic acids is 2. The lowest BCUT2D eigenvalue weighted by molar-refractivity contribution is -0.145. The Kier molecular flexibility index (Phi) is 7.06. The number of ether oxygens (including phenoxy) is 1. The molecule has 1 aliphatic rings. The number of amides is 1. The molecule has 7 nitrogen and oxygen atoms in total. The molecule has 0 saturated carbocycles. The maximum Gasteiger partial charge on any atom is 0.317 e. The average Bonchev–Trinajstić information content (AvgIpc) is 2.77. The lowest BCUT2D eigenvalue weighted by Crippen LogP contribution is -2.38. The zero-order chi connectivity index (χ0) is 24.3. The molecule has 3 unspecified atom stereocenters. The van der Waals surface area contributed by atoms with Crippen LogP contribution in [0.3, 0.4) is 0 Å². The second kappa shape index (κ2) is 9.61. The molecule has 2 aromatic rings. The SMILES string of the molecule is COC(=O)C1C=CC(NC(=O)C(C)n2ccc(-c3cc(Cl)ccc3C#N)cc2=O)=CC1(F)Cl. The molecule has 1 aromatic heterocycles. The summed E-state index contributed by atoms with van der Waals surface area (Å²) in [6, 6.07) is 8.67. The molecule has 3 atom stereocenters. The largest absolute Gasteiger partial charge is 0.468 e. The number of nitrogens with one attached hydrogen (secondary N) is 1. The zero-order valence-corrected chi connectivity index (χ0v) is 19.0. The second-order valence-electron chi connectivity index (χ2n) is 7.26. The highest BCUT2D eigenvalue weighted by Gasteiger charge is 2.42. The van der Waals surface area contributed by atoms with Crippen molar-refractivity contribution in [3.05, 3.63) is 81.4 Å². The third kappa shape index (κ3) is 5.16. The number of esters is 1. The smallest absolute Gasteiger partial charge is 0.317 e. The standard InChI is InChI=1S/C23H18Cl2FN3O4/c1-13(21(31)28-17-5-6-19(22(32)33-2)23(25,26)11-17)29-8-7-14(9-20(29)30)18-10-16(24)4-3-15(18)12-27/h3-11,13,19H,1-2H3,(H,28,31). The van der Waals surface area contributed by atoms with E-state index in [2.05, 4.69) is 10.1 Å². The molecule has 33 heavy (non-hydrogen) atoms. The van der Waals surface area contributed by atoms with Crippen LogP contribution in [-0.2, 0) is 14.3 Å². The molecule has 0 spiro atoms. The lowest BCUT2D eigenvalue weighted by atomic mass is 9.96. The molecule has 0 fully saturated rings. The summed E-state index contributed by atoms with van der Waals surface area (Å²) in [7, 11) is 1.11. The van der Waals surface area contributed by atoms with Crippen molar-refractivity contribution < 1.29 is 18.7 Å². The minimum absolute atomic E-state index is 0.0340. The van der Waals surface area contributed by atoms with Crippen LogP contribution in [-0.4, -0.2) is 28.7 Å². The number of nitriles is 1. The van der Waals surface area contributed by atoms with E-state index in [4.69, 9.17) is 23.2 Å². The van der Waals surface area contributed by atoms with Gasteiger partial charge >= 0.3 is 5.97 Å². The van der Waals surface area contributed by atoms with Crippen molar-refractivity contribution in [1.29, 1.82) is 5.26 Å². The molecule has 0 radical (unpaired) electrons. The topological polar surface area (TPSA) is 101 Å². The predicted octanol–water partition coefficient (Wildman–Crippen LogP) is 3.87. The molecule has 1 aromatic carbocycles. The van der Waals surface area contributed by atoms with Gasteiger partial charge in [-0.3, -0.25) is 14.4 Å². The Morgan fingerprint density at radius 2 is 2.06 bits per heavy atom. The van der Waals surface area contributed by atoms with Crippen LogP contribution in [0.4, 0.5) is 4.39 Å². The van der Waals surface area contributed by atoms with Crippen LogP contribution in [0.25, 0.3) is 11.1 Å². The molecule has 0 saturated heterocycles. The third-order valence-corrected chi connectivity index (χ3v) is 5.69. The molecular weight excluding hydrogens is 472 g/mol. The lowest BCUT2D eigenvalue weighted by Gasteiger charge is -2.26. The van der Waals surface area contributed by atoms with Gasteiger partial charge in [0.05, 0.1) is 18.7 Å². The highest BCUT2D eigenvalue weighted by Crippen LogP contribution is 2.35. The fraction of sp³-hybridized carbons (Fsp3) is 0.217. The van der Waals surface area contributed by atoms with Gasteiger partial charge in [-0.15, -0.1) is 0 Å². The van der Waals surface area contributed by atoms with Gasteiger partial charge in [0.25, 0.3) is 5.56 Å². The number of hydrogen-bond acceptors (Lipinski definition) is 5. The number of pyridine rings is 1. The summed E-state index contributed by atoms with van der Waals surface area (Å²) in [6.07, 6.45) is 4.84. The second-order valence-corrected chi connectivity index (χ2v) is 8.28. The van der Waals surface area contributed by atoms with Crippen molar-refractivity contribution in [2.45, 2.75) is 18.1 Å². The van der Waals surface area contributed by atoms with Gasteiger partial charge in [-0.25, -0.2) is 4.39 Å². The van der Waals surface area contributed by atoms with Crippen molar-refractivity contribution in [1.82, 2.24) is 9.88 Å². The summed E-state index contributed by atoms with van der Waals surface area (Å²) in [5.41, 5.74) is 0.853. The monoisotopic (exact) mass is 489 g/mol. The van der Waals surface area contributed by atoms with Crippen LogP contribution in [0.2, 0.25) is 5.02 Å². The first-order valence-electron chi connectivity index (χ1n) is 9.67. The van der Waals surface area contributed by atoms with Gasteiger partial charge < -0.3 is 14.6 Å². The predicted molar refractivity (Wildman–Crippen MR) is 121 cm³/mol. The molecule has 0 bridgehead atoms. The van der Waals surface area contributed by atoms with E-state index in [1.807, 2.05) is 6.07 Å². The van der Waals surface area contributed by atoms with Gasteiger partial charge in [0.1, 0.15) is 12.0 Å². The van der Waals surface area contributed by atoms with E-state index < -0.39 is 34.5 Å². The maximum absolute atomic E-state index is 14.7. The minimum atomic E-state index is -2.58. The molecule has 0 aliphatic heterocycles. The molecule has 170 valence electrons. The highest BCUT2D eigenvalue weighted by atomic mass is 35.5. The summed E-state index contributed by atoms with van der Waals surface area (Å²) in [6.45, 7) is 1.49. The van der Waals surface area contributed by atoms with Crippen LogP contribution in [0, 0.1) is 17.2 Å². The van der Waals surface area contributed by atoms with Crippen molar-refractivity contribution in [3.8, 4) is 17.2 Å².